The van der Waals surface area contributed by atoms with Crippen molar-refractivity contribution in [3.63, 3.8) is 0 Å². The minimum Gasteiger partial charge on any atom is -0.455 e. The van der Waals surface area contributed by atoms with Gasteiger partial charge >= 0.3 is 5.97 Å². The topological polar surface area (TPSA) is 51.2 Å². The lowest BCUT2D eigenvalue weighted by Crippen LogP contribution is -2.24. The second-order valence-electron chi connectivity index (χ2n) is 4.91. The molecule has 0 atom stereocenters. The number of esters is 1. The van der Waals surface area contributed by atoms with Crippen LogP contribution in [-0.4, -0.2) is 16.6 Å². The van der Waals surface area contributed by atoms with E-state index >= 15 is 0 Å². The maximum atomic E-state index is 11.8. The first kappa shape index (κ1) is 11.1. The van der Waals surface area contributed by atoms with Crippen molar-refractivity contribution in [3.8, 4) is 0 Å². The summed E-state index contributed by atoms with van der Waals surface area (Å²) in [6.07, 6.45) is 0. The Morgan fingerprint density at radius 2 is 2.12 bits per heavy atom. The predicted octanol–water partition coefficient (Wildman–Crippen LogP) is 1.64. The van der Waals surface area contributed by atoms with Gasteiger partial charge in [0.1, 0.15) is 11.3 Å². The van der Waals surface area contributed by atoms with Crippen molar-refractivity contribution in [1.29, 1.82) is 0 Å². The van der Waals surface area contributed by atoms with E-state index in [1.165, 1.54) is 0 Å². The lowest BCUT2D eigenvalue weighted by atomic mass is 10.2. The minimum absolute atomic E-state index is 0.359. The molecule has 4 nitrogen and oxygen atoms in total. The van der Waals surface area contributed by atoms with Gasteiger partial charge in [0.2, 0.25) is 0 Å². The molecule has 1 aromatic rings. The number of fused-ring (bicyclic) bond motifs is 1. The van der Waals surface area contributed by atoms with Crippen molar-refractivity contribution in [3.05, 3.63) is 29.1 Å². The molecule has 1 aliphatic heterocycles. The third kappa shape index (κ3) is 2.39. The molecule has 0 amide bonds. The molecule has 2 heterocycles. The van der Waals surface area contributed by atoms with E-state index < -0.39 is 5.60 Å². The van der Waals surface area contributed by atoms with E-state index in [1.54, 1.807) is 6.07 Å². The number of nitrogens with zero attached hydrogens (tertiary/aromatic N) is 1. The molecule has 0 saturated heterocycles. The van der Waals surface area contributed by atoms with Gasteiger partial charge in [-0.1, -0.05) is 6.07 Å². The molecule has 4 heteroatoms. The van der Waals surface area contributed by atoms with Gasteiger partial charge in [0.15, 0.2) is 0 Å². The Morgan fingerprint density at radius 3 is 2.81 bits per heavy atom. The van der Waals surface area contributed by atoms with Crippen molar-refractivity contribution >= 4 is 5.97 Å². The smallest absolute Gasteiger partial charge is 0.357 e. The van der Waals surface area contributed by atoms with E-state index in [9.17, 15) is 4.79 Å². The summed E-state index contributed by atoms with van der Waals surface area (Å²) in [6, 6.07) is 3.65. The first-order valence-electron chi connectivity index (χ1n) is 5.38. The fourth-order valence-corrected chi connectivity index (χ4v) is 1.60. The molecule has 16 heavy (non-hydrogen) atoms. The van der Waals surface area contributed by atoms with E-state index in [4.69, 9.17) is 4.74 Å². The molecule has 1 aliphatic rings. The van der Waals surface area contributed by atoms with Crippen LogP contribution in [0.25, 0.3) is 0 Å². The van der Waals surface area contributed by atoms with Crippen LogP contribution in [0, 0.1) is 0 Å². The molecule has 0 unspecified atom stereocenters. The summed E-state index contributed by atoms with van der Waals surface area (Å²) in [4.78, 5) is 16.1. The van der Waals surface area contributed by atoms with E-state index in [-0.39, 0.29) is 5.97 Å². The van der Waals surface area contributed by atoms with E-state index in [1.807, 2.05) is 26.8 Å². The molecular formula is C12H16N2O2. The van der Waals surface area contributed by atoms with E-state index in [0.29, 0.717) is 5.69 Å². The summed E-state index contributed by atoms with van der Waals surface area (Å²) in [5.41, 5.74) is 2.02. The molecule has 2 rings (SSSR count). The van der Waals surface area contributed by atoms with Crippen molar-refractivity contribution in [2.24, 2.45) is 0 Å². The SMILES string of the molecule is CC(C)(C)OC(=O)c1ccc2c(n1)CNC2. The largest absolute Gasteiger partial charge is 0.455 e. The number of pyridine rings is 1. The Bertz CT molecular complexity index is 422. The number of carbonyl (C=O) groups excluding carboxylic acids is 1. The van der Waals surface area contributed by atoms with Crippen LogP contribution in [0.15, 0.2) is 12.1 Å². The van der Waals surface area contributed by atoms with E-state index in [2.05, 4.69) is 10.3 Å². The zero-order valence-corrected chi connectivity index (χ0v) is 9.83. The first-order chi connectivity index (χ1) is 7.46. The average Bonchev–Trinajstić information content (AvgIpc) is 2.61. The van der Waals surface area contributed by atoms with Gasteiger partial charge in [-0.3, -0.25) is 0 Å². The van der Waals surface area contributed by atoms with Crippen LogP contribution < -0.4 is 5.32 Å². The van der Waals surface area contributed by atoms with Crippen LogP contribution >= 0.6 is 0 Å². The molecule has 0 bridgehead atoms. The van der Waals surface area contributed by atoms with Crippen LogP contribution in [0.5, 0.6) is 0 Å². The predicted molar refractivity (Wildman–Crippen MR) is 59.9 cm³/mol. The number of hydrogen-bond donors (Lipinski definition) is 1. The number of aromatic nitrogens is 1. The fraction of sp³-hybridized carbons (Fsp3) is 0.500. The van der Waals surface area contributed by atoms with Gasteiger partial charge in [-0.2, -0.15) is 0 Å². The highest BCUT2D eigenvalue weighted by molar-refractivity contribution is 5.87. The maximum Gasteiger partial charge on any atom is 0.357 e. The molecule has 0 aliphatic carbocycles. The molecule has 1 aromatic heterocycles. The molecule has 0 radical (unpaired) electrons. The van der Waals surface area contributed by atoms with Crippen molar-refractivity contribution < 1.29 is 9.53 Å². The standard InChI is InChI=1S/C12H16N2O2/c1-12(2,3)16-11(15)9-5-4-8-6-13-7-10(8)14-9/h4-5,13H,6-7H2,1-3H3. The monoisotopic (exact) mass is 220 g/mol. The molecule has 0 aromatic carbocycles. The van der Waals surface area contributed by atoms with Crippen LogP contribution in [0.2, 0.25) is 0 Å². The lowest BCUT2D eigenvalue weighted by Gasteiger charge is -2.19. The summed E-state index contributed by atoms with van der Waals surface area (Å²) in [5, 5.41) is 3.19. The van der Waals surface area contributed by atoms with Crippen molar-refractivity contribution in [1.82, 2.24) is 10.3 Å². The van der Waals surface area contributed by atoms with Gasteiger partial charge in [-0.25, -0.2) is 9.78 Å². The normalized spacial score (nSPS) is 14.7. The van der Waals surface area contributed by atoms with Gasteiger partial charge in [0.05, 0.1) is 5.69 Å². The quantitative estimate of drug-likeness (QED) is 0.731. The van der Waals surface area contributed by atoms with Gasteiger partial charge < -0.3 is 10.1 Å². The van der Waals surface area contributed by atoms with Gasteiger partial charge in [-0.15, -0.1) is 0 Å². The van der Waals surface area contributed by atoms with Crippen molar-refractivity contribution in [2.45, 2.75) is 39.5 Å². The van der Waals surface area contributed by atoms with Crippen molar-refractivity contribution in [2.75, 3.05) is 0 Å². The number of ether oxygens (including phenoxy) is 1. The Kier molecular flexibility index (Phi) is 2.68. The third-order valence-corrected chi connectivity index (χ3v) is 2.28. The van der Waals surface area contributed by atoms with Gasteiger partial charge in [-0.05, 0) is 32.4 Å². The maximum absolute atomic E-state index is 11.8. The Morgan fingerprint density at radius 1 is 1.38 bits per heavy atom. The van der Waals surface area contributed by atoms with Crippen LogP contribution in [0.4, 0.5) is 0 Å². The third-order valence-electron chi connectivity index (χ3n) is 2.28. The molecule has 0 fully saturated rings. The summed E-state index contributed by atoms with van der Waals surface area (Å²) in [7, 11) is 0. The highest BCUT2D eigenvalue weighted by Crippen LogP contribution is 2.16. The Labute approximate surface area is 95.0 Å². The summed E-state index contributed by atoms with van der Waals surface area (Å²) in [6.45, 7) is 7.10. The van der Waals surface area contributed by atoms with Crippen LogP contribution in [0.1, 0.15) is 42.5 Å². The zero-order valence-electron chi connectivity index (χ0n) is 9.83. The number of carbonyl (C=O) groups is 1. The summed E-state index contributed by atoms with van der Waals surface area (Å²) >= 11 is 0. The highest BCUT2D eigenvalue weighted by atomic mass is 16.6. The molecule has 1 N–H and O–H groups in total. The van der Waals surface area contributed by atoms with Crippen LogP contribution in [0.3, 0.4) is 0 Å². The van der Waals surface area contributed by atoms with Gasteiger partial charge in [0, 0.05) is 13.1 Å². The Balaban J connectivity index is 2.19. The minimum atomic E-state index is -0.476. The van der Waals surface area contributed by atoms with Gasteiger partial charge in [0.25, 0.3) is 0 Å². The molecular weight excluding hydrogens is 204 g/mol. The Hall–Kier alpha value is -1.42. The highest BCUT2D eigenvalue weighted by Gasteiger charge is 2.20. The fourth-order valence-electron chi connectivity index (χ4n) is 1.60. The number of nitrogens with one attached hydrogen (secondary N) is 1. The van der Waals surface area contributed by atoms with Crippen LogP contribution in [-0.2, 0) is 17.8 Å². The first-order valence-corrected chi connectivity index (χ1v) is 5.38. The zero-order chi connectivity index (χ0) is 11.8. The number of rotatable bonds is 1. The lowest BCUT2D eigenvalue weighted by molar-refractivity contribution is 0.00626. The molecule has 0 spiro atoms. The number of hydrogen-bond acceptors (Lipinski definition) is 4. The summed E-state index contributed by atoms with van der Waals surface area (Å²) in [5.74, 6) is -0.359. The second-order valence-corrected chi connectivity index (χ2v) is 4.91. The summed E-state index contributed by atoms with van der Waals surface area (Å²) < 4.78 is 5.26. The average molecular weight is 220 g/mol. The molecule has 0 saturated carbocycles. The molecule has 86 valence electrons. The second kappa shape index (κ2) is 3.87. The van der Waals surface area contributed by atoms with E-state index in [0.717, 1.165) is 24.3 Å².